The lowest BCUT2D eigenvalue weighted by Crippen LogP contribution is -2.50. The molecule has 5 nitrogen and oxygen atoms in total. The molecule has 5 heteroatoms. The minimum atomic E-state index is -1.06. The minimum absolute atomic E-state index is 0.355. The van der Waals surface area contributed by atoms with Crippen molar-refractivity contribution in [3.8, 4) is 0 Å². The molecule has 0 saturated carbocycles. The quantitative estimate of drug-likeness (QED) is 0.853. The first-order chi connectivity index (χ1) is 8.94. The number of nitrogens with zero attached hydrogens (tertiary/aromatic N) is 1. The fourth-order valence-electron chi connectivity index (χ4n) is 1.69. The summed E-state index contributed by atoms with van der Waals surface area (Å²) in [5.41, 5.74) is -0.475. The molecule has 1 aromatic carbocycles. The molecule has 1 amide bonds. The predicted molar refractivity (Wildman–Crippen MR) is 72.1 cm³/mol. The van der Waals surface area contributed by atoms with Gasteiger partial charge in [0.2, 0.25) is 0 Å². The molecule has 1 N–H and O–H groups in total. The van der Waals surface area contributed by atoms with Crippen LogP contribution < -0.4 is 4.90 Å². The summed E-state index contributed by atoms with van der Waals surface area (Å²) >= 11 is 0. The average Bonchev–Trinajstić information content (AvgIpc) is 2.44. The summed E-state index contributed by atoms with van der Waals surface area (Å²) < 4.78 is 5.25. The van der Waals surface area contributed by atoms with Crippen molar-refractivity contribution in [1.82, 2.24) is 0 Å². The van der Waals surface area contributed by atoms with Crippen molar-refractivity contribution < 1.29 is 19.4 Å². The normalized spacial score (nSPS) is 13.6. The zero-order chi connectivity index (χ0) is 14.5. The van der Waals surface area contributed by atoms with E-state index in [4.69, 9.17) is 9.84 Å². The van der Waals surface area contributed by atoms with Crippen LogP contribution in [0.25, 0.3) is 0 Å². The summed E-state index contributed by atoms with van der Waals surface area (Å²) in [5.74, 6) is -1.42. The number of aliphatic carboxylic acids is 1. The fraction of sp³-hybridized carbons (Fsp3) is 0.429. The maximum atomic E-state index is 12.5. The molecule has 0 radical (unpaired) electrons. The Morgan fingerprint density at radius 1 is 1.32 bits per heavy atom. The van der Waals surface area contributed by atoms with Crippen LogP contribution in [0.1, 0.15) is 20.3 Å². The van der Waals surface area contributed by atoms with Crippen LogP contribution in [0.2, 0.25) is 0 Å². The van der Waals surface area contributed by atoms with E-state index in [1.807, 2.05) is 13.0 Å². The zero-order valence-corrected chi connectivity index (χ0v) is 11.4. The van der Waals surface area contributed by atoms with Gasteiger partial charge in [-0.25, -0.2) is 0 Å². The Balaban J connectivity index is 3.11. The molecule has 0 fully saturated rings. The van der Waals surface area contributed by atoms with E-state index >= 15 is 0 Å². The molecule has 1 unspecified atom stereocenters. The lowest BCUT2D eigenvalue weighted by atomic mass is 10.0. The number of hydrogen-bond acceptors (Lipinski definition) is 3. The van der Waals surface area contributed by atoms with Crippen molar-refractivity contribution in [2.45, 2.75) is 25.9 Å². The molecule has 104 valence electrons. The lowest BCUT2D eigenvalue weighted by molar-refractivity contribution is -0.142. The highest BCUT2D eigenvalue weighted by molar-refractivity contribution is 6.02. The minimum Gasteiger partial charge on any atom is -0.480 e. The first-order valence-electron chi connectivity index (χ1n) is 6.08. The molecule has 0 spiro atoms. The summed E-state index contributed by atoms with van der Waals surface area (Å²) in [4.78, 5) is 24.7. The van der Waals surface area contributed by atoms with Crippen molar-refractivity contribution in [3.63, 3.8) is 0 Å². The SMILES string of the molecule is CCC(C)(OC)C(=O)N(CC(=O)O)c1ccccc1. The lowest BCUT2D eigenvalue weighted by Gasteiger charge is -2.32. The molecule has 19 heavy (non-hydrogen) atoms. The number of carbonyl (C=O) groups is 2. The molecule has 1 aromatic rings. The second-order valence-electron chi connectivity index (χ2n) is 4.41. The van der Waals surface area contributed by atoms with Crippen LogP contribution in [-0.4, -0.2) is 36.2 Å². The van der Waals surface area contributed by atoms with E-state index in [-0.39, 0.29) is 12.5 Å². The van der Waals surface area contributed by atoms with E-state index in [1.165, 1.54) is 12.0 Å². The third kappa shape index (κ3) is 3.54. The van der Waals surface area contributed by atoms with Gasteiger partial charge in [-0.15, -0.1) is 0 Å². The number of ether oxygens (including phenoxy) is 1. The van der Waals surface area contributed by atoms with Crippen LogP contribution in [0.4, 0.5) is 5.69 Å². The largest absolute Gasteiger partial charge is 0.480 e. The maximum Gasteiger partial charge on any atom is 0.323 e. The van der Waals surface area contributed by atoms with Gasteiger partial charge < -0.3 is 9.84 Å². The van der Waals surface area contributed by atoms with Crippen LogP contribution in [0, 0.1) is 0 Å². The number of methoxy groups -OCH3 is 1. The Labute approximate surface area is 112 Å². The van der Waals surface area contributed by atoms with E-state index in [2.05, 4.69) is 0 Å². The zero-order valence-electron chi connectivity index (χ0n) is 11.4. The average molecular weight is 265 g/mol. The summed E-state index contributed by atoms with van der Waals surface area (Å²) in [6, 6.07) is 8.72. The van der Waals surface area contributed by atoms with Gasteiger partial charge >= 0.3 is 5.97 Å². The maximum absolute atomic E-state index is 12.5. The predicted octanol–water partition coefficient (Wildman–Crippen LogP) is 1.92. The van der Waals surface area contributed by atoms with Crippen LogP contribution in [0.5, 0.6) is 0 Å². The van der Waals surface area contributed by atoms with Crippen molar-refractivity contribution in [1.29, 1.82) is 0 Å². The highest BCUT2D eigenvalue weighted by Gasteiger charge is 2.36. The monoisotopic (exact) mass is 265 g/mol. The number of anilines is 1. The van der Waals surface area contributed by atoms with Gasteiger partial charge in [0.1, 0.15) is 12.1 Å². The van der Waals surface area contributed by atoms with Crippen LogP contribution in [0.3, 0.4) is 0 Å². The molecule has 0 bridgehead atoms. The number of amides is 1. The molecular weight excluding hydrogens is 246 g/mol. The number of hydrogen-bond donors (Lipinski definition) is 1. The molecule has 0 aliphatic carbocycles. The molecule has 0 aliphatic heterocycles. The van der Waals surface area contributed by atoms with Crippen LogP contribution >= 0.6 is 0 Å². The van der Waals surface area contributed by atoms with Gasteiger partial charge in [-0.3, -0.25) is 14.5 Å². The Morgan fingerprint density at radius 3 is 2.32 bits per heavy atom. The van der Waals surface area contributed by atoms with E-state index in [1.54, 1.807) is 31.2 Å². The Hall–Kier alpha value is -1.88. The Morgan fingerprint density at radius 2 is 1.89 bits per heavy atom. The molecular formula is C14H19NO4. The van der Waals surface area contributed by atoms with Gasteiger partial charge in [-0.1, -0.05) is 25.1 Å². The number of rotatable bonds is 6. The third-order valence-corrected chi connectivity index (χ3v) is 3.18. The first-order valence-corrected chi connectivity index (χ1v) is 6.08. The van der Waals surface area contributed by atoms with Crippen LogP contribution in [-0.2, 0) is 14.3 Å². The van der Waals surface area contributed by atoms with E-state index in [0.29, 0.717) is 12.1 Å². The first kappa shape index (κ1) is 15.2. The van der Waals surface area contributed by atoms with Gasteiger partial charge in [0.05, 0.1) is 0 Å². The summed E-state index contributed by atoms with van der Waals surface area (Å²) in [7, 11) is 1.45. The molecule has 0 aliphatic rings. The third-order valence-electron chi connectivity index (χ3n) is 3.18. The van der Waals surface area contributed by atoms with Crippen molar-refractivity contribution in [3.05, 3.63) is 30.3 Å². The second-order valence-corrected chi connectivity index (χ2v) is 4.41. The summed E-state index contributed by atoms with van der Waals surface area (Å²) in [6.45, 7) is 3.10. The molecule has 0 heterocycles. The Bertz CT molecular complexity index is 440. The standard InChI is InChI=1S/C14H19NO4/c1-4-14(2,19-3)13(18)15(10-12(16)17)11-8-6-5-7-9-11/h5-9H,4,10H2,1-3H3,(H,16,17). The molecule has 1 atom stereocenters. The van der Waals surface area contributed by atoms with Gasteiger partial charge in [0.25, 0.3) is 5.91 Å². The van der Waals surface area contributed by atoms with Crippen molar-refractivity contribution in [2.75, 3.05) is 18.6 Å². The van der Waals surface area contributed by atoms with E-state index in [0.717, 1.165) is 0 Å². The fourth-order valence-corrected chi connectivity index (χ4v) is 1.69. The number of carboxylic acid groups (broad SMARTS) is 1. The number of carbonyl (C=O) groups excluding carboxylic acids is 1. The summed E-state index contributed by atoms with van der Waals surface area (Å²) in [6.07, 6.45) is 0.464. The molecule has 0 aromatic heterocycles. The Kier molecular flexibility index (Phi) is 5.06. The summed E-state index contributed by atoms with van der Waals surface area (Å²) in [5, 5.41) is 8.97. The van der Waals surface area contributed by atoms with E-state index < -0.39 is 11.6 Å². The molecule has 0 saturated heterocycles. The van der Waals surface area contributed by atoms with Crippen LogP contribution in [0.15, 0.2) is 30.3 Å². The van der Waals surface area contributed by atoms with Crippen molar-refractivity contribution in [2.24, 2.45) is 0 Å². The van der Waals surface area contributed by atoms with Gasteiger partial charge in [0.15, 0.2) is 0 Å². The second kappa shape index (κ2) is 6.33. The van der Waals surface area contributed by atoms with Gasteiger partial charge in [0, 0.05) is 12.8 Å². The molecule has 1 rings (SSSR count). The highest BCUT2D eigenvalue weighted by atomic mass is 16.5. The highest BCUT2D eigenvalue weighted by Crippen LogP contribution is 2.22. The number of carboxylic acids is 1. The van der Waals surface area contributed by atoms with Crippen molar-refractivity contribution >= 4 is 17.6 Å². The topological polar surface area (TPSA) is 66.8 Å². The number of benzene rings is 1. The smallest absolute Gasteiger partial charge is 0.323 e. The van der Waals surface area contributed by atoms with E-state index in [9.17, 15) is 9.59 Å². The van der Waals surface area contributed by atoms with Gasteiger partial charge in [-0.2, -0.15) is 0 Å². The van der Waals surface area contributed by atoms with Gasteiger partial charge in [-0.05, 0) is 25.5 Å². The number of para-hydroxylation sites is 1.